The molecule has 3 N–H and O–H groups in total. The van der Waals surface area contributed by atoms with Crippen LogP contribution in [0.3, 0.4) is 0 Å². The van der Waals surface area contributed by atoms with E-state index in [0.717, 1.165) is 11.6 Å². The first kappa shape index (κ1) is 29.0. The van der Waals surface area contributed by atoms with Crippen LogP contribution in [0.5, 0.6) is 0 Å². The third-order valence-electron chi connectivity index (χ3n) is 7.23. The lowest BCUT2D eigenvalue weighted by atomic mass is 10.0. The van der Waals surface area contributed by atoms with Gasteiger partial charge in [-0.3, -0.25) is 19.0 Å². The Bertz CT molecular complexity index is 2130. The topological polar surface area (TPSA) is 134 Å². The molecule has 0 saturated heterocycles. The summed E-state index contributed by atoms with van der Waals surface area (Å²) in [6, 6.07) is 9.60. The fourth-order valence-corrected chi connectivity index (χ4v) is 6.23. The second-order valence-electron chi connectivity index (χ2n) is 10.2. The maximum atomic E-state index is 14.1. The molecule has 0 unspecified atom stereocenters. The van der Waals surface area contributed by atoms with Crippen LogP contribution in [0.1, 0.15) is 44.0 Å². The molecule has 0 saturated carbocycles. The zero-order chi connectivity index (χ0) is 31.5. The number of benzene rings is 1. The first-order chi connectivity index (χ1) is 20.8. The van der Waals surface area contributed by atoms with Gasteiger partial charge in [0.15, 0.2) is 0 Å². The van der Waals surface area contributed by atoms with Gasteiger partial charge in [0, 0.05) is 47.9 Å². The van der Waals surface area contributed by atoms with E-state index >= 15 is 0 Å². The molecule has 0 bridgehead atoms. The molecule has 0 aliphatic carbocycles. The highest BCUT2D eigenvalue weighted by molar-refractivity contribution is 7.21. The number of nitrogens with two attached hydrogens (primary N) is 1. The summed E-state index contributed by atoms with van der Waals surface area (Å²) in [5.74, 6) is -1.53. The maximum absolute atomic E-state index is 14.1. The summed E-state index contributed by atoms with van der Waals surface area (Å²) in [6.45, 7) is 5.83. The van der Waals surface area contributed by atoms with E-state index in [-0.39, 0.29) is 31.9 Å². The van der Waals surface area contributed by atoms with Gasteiger partial charge < -0.3 is 11.1 Å². The summed E-state index contributed by atoms with van der Waals surface area (Å²) in [7, 11) is 1.78. The number of alkyl halides is 3. The number of primary amides is 1. The summed E-state index contributed by atoms with van der Waals surface area (Å²) in [5.41, 5.74) is 8.24. The van der Waals surface area contributed by atoms with Crippen molar-refractivity contribution in [3.8, 4) is 22.4 Å². The fourth-order valence-electron chi connectivity index (χ4n) is 5.23. The van der Waals surface area contributed by atoms with Gasteiger partial charge in [-0.1, -0.05) is 18.2 Å². The minimum Gasteiger partial charge on any atom is -0.365 e. The summed E-state index contributed by atoms with van der Waals surface area (Å²) >= 11 is 0.684. The van der Waals surface area contributed by atoms with Crippen molar-refractivity contribution in [2.45, 2.75) is 33.5 Å². The number of para-hydroxylation sites is 1. The number of nitrogens with one attached hydrogen (secondary N) is 1. The van der Waals surface area contributed by atoms with E-state index in [1.54, 1.807) is 66.1 Å². The number of hydrogen-bond acceptors (Lipinski definition) is 7. The molecular weight excluding hydrogens is 593 g/mol. The van der Waals surface area contributed by atoms with Crippen molar-refractivity contribution in [2.24, 2.45) is 12.8 Å². The molecule has 5 heterocycles. The number of nitrogens with zero attached hydrogens (tertiary/aromatic N) is 6. The van der Waals surface area contributed by atoms with Crippen molar-refractivity contribution in [3.63, 3.8) is 0 Å². The molecule has 0 atom stereocenters. The molecule has 224 valence electrons. The lowest BCUT2D eigenvalue weighted by Gasteiger charge is -2.13. The number of amides is 2. The Kier molecular flexibility index (Phi) is 6.95. The minimum atomic E-state index is -4.77. The smallest absolute Gasteiger partial charge is 0.365 e. The van der Waals surface area contributed by atoms with Crippen molar-refractivity contribution in [1.82, 2.24) is 29.5 Å². The van der Waals surface area contributed by atoms with Gasteiger partial charge in [0.2, 0.25) is 0 Å². The molecule has 10 nitrogen and oxygen atoms in total. The number of rotatable bonds is 6. The van der Waals surface area contributed by atoms with E-state index in [2.05, 4.69) is 20.5 Å². The second kappa shape index (κ2) is 10.6. The quantitative estimate of drug-likeness (QED) is 0.231. The number of aryl methyl sites for hydroxylation is 4. The Labute approximate surface area is 252 Å². The number of hydrogen-bond donors (Lipinski definition) is 2. The van der Waals surface area contributed by atoms with Crippen LogP contribution >= 0.6 is 11.3 Å². The number of fused-ring (bicyclic) bond motifs is 2. The molecule has 6 rings (SSSR count). The molecule has 6 aromatic rings. The van der Waals surface area contributed by atoms with Crippen LogP contribution in [0.2, 0.25) is 0 Å². The zero-order valence-electron chi connectivity index (χ0n) is 23.9. The molecule has 0 aliphatic heterocycles. The Morgan fingerprint density at radius 1 is 1.00 bits per heavy atom. The third kappa shape index (κ3) is 4.96. The van der Waals surface area contributed by atoms with Gasteiger partial charge >= 0.3 is 6.18 Å². The van der Waals surface area contributed by atoms with Crippen LogP contribution in [0.15, 0.2) is 48.8 Å². The number of carbonyl (C=O) groups excluding carboxylic acids is 2. The maximum Gasteiger partial charge on any atom is 0.433 e. The molecule has 2 amide bonds. The van der Waals surface area contributed by atoms with Gasteiger partial charge in [-0.05, 0) is 44.5 Å². The molecule has 14 heteroatoms. The van der Waals surface area contributed by atoms with Crippen LogP contribution < -0.4 is 11.1 Å². The van der Waals surface area contributed by atoms with Crippen molar-refractivity contribution in [1.29, 1.82) is 0 Å². The van der Waals surface area contributed by atoms with Gasteiger partial charge in [-0.15, -0.1) is 11.3 Å². The Balaban J connectivity index is 1.58. The fraction of sp³-hybridized carbons (Fsp3) is 0.200. The number of thiophene rings is 1. The molecule has 0 radical (unpaired) electrons. The molecule has 0 fully saturated rings. The van der Waals surface area contributed by atoms with Crippen molar-refractivity contribution >= 4 is 50.0 Å². The van der Waals surface area contributed by atoms with Crippen LogP contribution in [-0.4, -0.2) is 41.3 Å². The van der Waals surface area contributed by atoms with Gasteiger partial charge in [0.1, 0.15) is 15.4 Å². The number of anilines is 1. The van der Waals surface area contributed by atoms with Gasteiger partial charge in [0.05, 0.1) is 33.8 Å². The Hall–Kier alpha value is -5.11. The highest BCUT2D eigenvalue weighted by Crippen LogP contribution is 2.44. The molecule has 0 spiro atoms. The molecular formula is C30H25F3N8O2S. The Morgan fingerprint density at radius 3 is 2.36 bits per heavy atom. The van der Waals surface area contributed by atoms with Crippen molar-refractivity contribution in [2.75, 3.05) is 5.32 Å². The van der Waals surface area contributed by atoms with E-state index < -0.39 is 23.7 Å². The van der Waals surface area contributed by atoms with Crippen molar-refractivity contribution in [3.05, 3.63) is 76.3 Å². The van der Waals surface area contributed by atoms with Gasteiger partial charge in [-0.25, -0.2) is 9.97 Å². The zero-order valence-corrected chi connectivity index (χ0v) is 24.8. The standard InChI is InChI=1S/C30H25F3N8O2S/c1-5-41-13-19(14(2)39-41)17-11-23(30(31,32)33)36-29-24(17)25(26(44-29)27(34)42)37-28(43)18-10-22(20-12-40(4)38-15(20)3)35-21-9-7-6-8-16(18)21/h6-13H,5H2,1-4H3,(H2,34,42)(H,37,43). The number of carbonyl (C=O) groups is 2. The van der Waals surface area contributed by atoms with Crippen molar-refractivity contribution < 1.29 is 22.8 Å². The molecule has 44 heavy (non-hydrogen) atoms. The average molecular weight is 619 g/mol. The number of pyridine rings is 2. The number of halogens is 3. The van der Waals surface area contributed by atoms with Gasteiger partial charge in [-0.2, -0.15) is 23.4 Å². The van der Waals surface area contributed by atoms with E-state index in [1.165, 1.54) is 0 Å². The van der Waals surface area contributed by atoms with Crippen LogP contribution in [0.25, 0.3) is 43.5 Å². The minimum absolute atomic E-state index is 0.0256. The lowest BCUT2D eigenvalue weighted by molar-refractivity contribution is -0.140. The van der Waals surface area contributed by atoms with E-state index in [4.69, 9.17) is 10.7 Å². The largest absolute Gasteiger partial charge is 0.433 e. The van der Waals surface area contributed by atoms with Crippen LogP contribution in [0.4, 0.5) is 18.9 Å². The monoisotopic (exact) mass is 618 g/mol. The van der Waals surface area contributed by atoms with E-state index in [1.807, 2.05) is 13.8 Å². The SMILES string of the molecule is CCn1cc(-c2cc(C(F)(F)F)nc3sc(C(N)=O)c(NC(=O)c4cc(-c5cn(C)nc5C)nc5ccccc45)c23)c(C)n1. The second-order valence-corrected chi connectivity index (χ2v) is 11.2. The van der Waals surface area contributed by atoms with E-state index in [9.17, 15) is 22.8 Å². The predicted octanol–water partition coefficient (Wildman–Crippen LogP) is 6.12. The number of aromatic nitrogens is 6. The summed E-state index contributed by atoms with van der Waals surface area (Å²) in [4.78, 5) is 35.1. The molecule has 0 aliphatic rings. The summed E-state index contributed by atoms with van der Waals surface area (Å²) in [5, 5.41) is 12.3. The first-order valence-electron chi connectivity index (χ1n) is 13.5. The normalized spacial score (nSPS) is 11.9. The van der Waals surface area contributed by atoms with Crippen LogP contribution in [-0.2, 0) is 19.8 Å². The summed E-state index contributed by atoms with van der Waals surface area (Å²) < 4.78 is 45.2. The summed E-state index contributed by atoms with van der Waals surface area (Å²) in [6.07, 6.45) is -1.36. The average Bonchev–Trinajstić information content (AvgIpc) is 3.65. The van der Waals surface area contributed by atoms with Gasteiger partial charge in [0.25, 0.3) is 11.8 Å². The highest BCUT2D eigenvalue weighted by atomic mass is 32.1. The Morgan fingerprint density at radius 2 is 1.73 bits per heavy atom. The molecule has 5 aromatic heterocycles. The predicted molar refractivity (Wildman–Crippen MR) is 161 cm³/mol. The van der Waals surface area contributed by atoms with Crippen LogP contribution in [0, 0.1) is 13.8 Å². The molecule has 1 aromatic carbocycles. The first-order valence-corrected chi connectivity index (χ1v) is 14.3. The van der Waals surface area contributed by atoms with E-state index in [0.29, 0.717) is 51.4 Å². The lowest BCUT2D eigenvalue weighted by Crippen LogP contribution is -2.17. The third-order valence-corrected chi connectivity index (χ3v) is 8.32. The highest BCUT2D eigenvalue weighted by Gasteiger charge is 2.35.